The Kier molecular flexibility index (Phi) is 5.33. The van der Waals surface area contributed by atoms with Crippen LogP contribution < -0.4 is 0 Å². The molecule has 0 amide bonds. The van der Waals surface area contributed by atoms with Crippen molar-refractivity contribution in [3.63, 3.8) is 0 Å². The van der Waals surface area contributed by atoms with Gasteiger partial charge in [0.05, 0.1) is 11.5 Å². The number of aliphatic hydroxyl groups is 1. The molecule has 5 nitrogen and oxygen atoms in total. The summed E-state index contributed by atoms with van der Waals surface area (Å²) in [6.07, 6.45) is 8.20. The number of nitrogens with zero attached hydrogens (tertiary/aromatic N) is 1. The van der Waals surface area contributed by atoms with Crippen LogP contribution in [0.25, 0.3) is 0 Å². The van der Waals surface area contributed by atoms with Crippen LogP contribution in [0.4, 0.5) is 0 Å². The highest BCUT2D eigenvalue weighted by Crippen LogP contribution is 2.76. The molecule has 0 saturated heterocycles. The third kappa shape index (κ3) is 2.55. The van der Waals surface area contributed by atoms with Crippen LogP contribution in [0, 0.1) is 57.2 Å². The number of aliphatic hydroxyl groups excluding tert-OH is 1. The molecule has 5 fully saturated rings. The molecule has 0 spiro atoms. The number of hydrogen-bond acceptors (Lipinski definition) is 5. The fraction of sp³-hybridized carbons (Fsp3) is 0.880. The van der Waals surface area contributed by atoms with Crippen LogP contribution in [0.15, 0.2) is 0 Å². The van der Waals surface area contributed by atoms with Gasteiger partial charge < -0.3 is 9.84 Å². The van der Waals surface area contributed by atoms with Crippen molar-refractivity contribution in [2.45, 2.75) is 84.7 Å². The molecule has 0 aromatic heterocycles. The zero-order valence-electron chi connectivity index (χ0n) is 18.9. The fourth-order valence-electron chi connectivity index (χ4n) is 9.00. The van der Waals surface area contributed by atoms with Crippen molar-refractivity contribution in [1.29, 1.82) is 5.26 Å². The normalized spacial score (nSPS) is 50.5. The van der Waals surface area contributed by atoms with E-state index in [1.165, 1.54) is 0 Å². The largest absolute Gasteiger partial charge is 0.462 e. The van der Waals surface area contributed by atoms with Gasteiger partial charge in [-0.15, -0.1) is 0 Å². The maximum absolute atomic E-state index is 12.8. The number of carbonyl (C=O) groups excluding carboxylic acids is 2. The Labute approximate surface area is 180 Å². The van der Waals surface area contributed by atoms with E-state index in [1.807, 2.05) is 6.92 Å². The van der Waals surface area contributed by atoms with Gasteiger partial charge in [-0.25, -0.2) is 0 Å². The summed E-state index contributed by atoms with van der Waals surface area (Å²) in [5.74, 6) is 2.44. The van der Waals surface area contributed by atoms with Crippen molar-refractivity contribution in [3.8, 4) is 6.07 Å². The van der Waals surface area contributed by atoms with E-state index in [0.717, 1.165) is 52.1 Å². The predicted molar refractivity (Wildman–Crippen MR) is 112 cm³/mol. The van der Waals surface area contributed by atoms with E-state index in [4.69, 9.17) is 9.84 Å². The number of ketones is 1. The molecule has 5 aliphatic carbocycles. The first-order valence-electron chi connectivity index (χ1n) is 11.9. The molecule has 0 radical (unpaired) electrons. The molecule has 5 unspecified atom stereocenters. The first-order valence-corrected chi connectivity index (χ1v) is 11.9. The number of carbonyl (C=O) groups is 2. The minimum absolute atomic E-state index is 0.0303. The van der Waals surface area contributed by atoms with E-state index in [0.29, 0.717) is 42.3 Å². The molecule has 1 N–H and O–H groups in total. The maximum Gasteiger partial charge on any atom is 0.305 e. The van der Waals surface area contributed by atoms with Crippen LogP contribution in [-0.2, 0) is 14.3 Å². The second-order valence-corrected chi connectivity index (χ2v) is 11.0. The Hall–Kier alpha value is -1.41. The number of nitriles is 1. The van der Waals surface area contributed by atoms with E-state index in [1.54, 1.807) is 0 Å². The second kappa shape index (κ2) is 7.33. The summed E-state index contributed by atoms with van der Waals surface area (Å²) in [6, 6.07) is 2.74. The van der Waals surface area contributed by atoms with Crippen LogP contribution in [0.1, 0.15) is 78.6 Å². The Bertz CT molecular complexity index is 774. The van der Waals surface area contributed by atoms with Crippen molar-refractivity contribution in [2.24, 2.45) is 45.8 Å². The summed E-state index contributed by atoms with van der Waals surface area (Å²) < 4.78 is 5.92. The van der Waals surface area contributed by atoms with E-state index in [2.05, 4.69) is 19.9 Å². The van der Waals surface area contributed by atoms with E-state index in [9.17, 15) is 14.9 Å². The lowest BCUT2D eigenvalue weighted by Gasteiger charge is -2.62. The first-order chi connectivity index (χ1) is 14.3. The third-order valence-corrected chi connectivity index (χ3v) is 10.4. The quantitative estimate of drug-likeness (QED) is 0.680. The van der Waals surface area contributed by atoms with Gasteiger partial charge >= 0.3 is 5.97 Å². The Morgan fingerprint density at radius 2 is 1.93 bits per heavy atom. The highest BCUT2D eigenvalue weighted by molar-refractivity contribution is 5.84. The lowest BCUT2D eigenvalue weighted by Crippen LogP contribution is -2.59. The van der Waals surface area contributed by atoms with E-state index in [-0.39, 0.29) is 28.8 Å². The average Bonchev–Trinajstić information content (AvgIpc) is 3.30. The molecule has 5 heteroatoms. The van der Waals surface area contributed by atoms with Gasteiger partial charge in [-0.1, -0.05) is 20.8 Å². The summed E-state index contributed by atoms with van der Waals surface area (Å²) >= 11 is 0. The van der Waals surface area contributed by atoms with Crippen LogP contribution in [0.2, 0.25) is 0 Å². The molecule has 166 valence electrons. The van der Waals surface area contributed by atoms with Crippen molar-refractivity contribution in [3.05, 3.63) is 0 Å². The summed E-state index contributed by atoms with van der Waals surface area (Å²) in [4.78, 5) is 24.8. The standard InChI is InChI=1S/C24H33NO3.CH4O/c1-4-20(27)28-19-6-5-15-21-14-11-17-18(26)8-10-23(3,24(17,12-14)13-25)16(21)7-9-22(15,19)2;1-2/h14-17,19,21H,4-12H2,1-3H3;2H,1H3/t14-,15?,16?,17-,19+,21?,22?,23?,24+;/m1./s1. The number of Topliss-reactive ketones (excluding diaryl/α,β-unsaturated/α-hetero) is 1. The third-order valence-electron chi connectivity index (χ3n) is 10.4. The molecule has 2 bridgehead atoms. The summed E-state index contributed by atoms with van der Waals surface area (Å²) in [6.45, 7) is 6.57. The first kappa shape index (κ1) is 21.8. The zero-order valence-corrected chi connectivity index (χ0v) is 18.9. The number of rotatable bonds is 2. The molecule has 5 rings (SSSR count). The Balaban J connectivity index is 0.00000106. The maximum atomic E-state index is 12.8. The molecule has 0 heterocycles. The van der Waals surface area contributed by atoms with Gasteiger partial charge in [0.25, 0.3) is 0 Å². The van der Waals surface area contributed by atoms with Gasteiger partial charge in [0.15, 0.2) is 0 Å². The average molecular weight is 416 g/mol. The molecular formula is C25H37NO4. The second-order valence-electron chi connectivity index (χ2n) is 11.0. The van der Waals surface area contributed by atoms with Gasteiger partial charge in [-0.05, 0) is 74.0 Å². The highest BCUT2D eigenvalue weighted by atomic mass is 16.5. The highest BCUT2D eigenvalue weighted by Gasteiger charge is 2.73. The monoisotopic (exact) mass is 415 g/mol. The van der Waals surface area contributed by atoms with Crippen molar-refractivity contribution < 1.29 is 19.4 Å². The number of hydrogen-bond donors (Lipinski definition) is 1. The number of esters is 1. The van der Waals surface area contributed by atoms with Crippen LogP contribution in [0.3, 0.4) is 0 Å². The minimum Gasteiger partial charge on any atom is -0.462 e. The molecule has 5 saturated carbocycles. The molecule has 9 atom stereocenters. The van der Waals surface area contributed by atoms with Crippen LogP contribution in [0.5, 0.6) is 0 Å². The molecule has 30 heavy (non-hydrogen) atoms. The predicted octanol–water partition coefficient (Wildman–Crippen LogP) is 4.28. The molecule has 0 aromatic rings. The molecule has 0 aliphatic heterocycles. The van der Waals surface area contributed by atoms with Gasteiger partial charge in [-0.3, -0.25) is 9.59 Å². The van der Waals surface area contributed by atoms with E-state index < -0.39 is 5.41 Å². The number of fused-ring (bicyclic) bond motifs is 6. The lowest BCUT2D eigenvalue weighted by molar-refractivity contribution is -0.171. The molecule has 5 aliphatic rings. The molecular weight excluding hydrogens is 378 g/mol. The van der Waals surface area contributed by atoms with E-state index >= 15 is 0 Å². The molecule has 0 aromatic carbocycles. The summed E-state index contributed by atoms with van der Waals surface area (Å²) in [5, 5.41) is 17.3. The van der Waals surface area contributed by atoms with Gasteiger partial charge in [-0.2, -0.15) is 5.26 Å². The SMILES string of the molecule is CCC(=O)O[C@H]1CCC2C3C(CCC21C)C1(C)CCC(=O)[C@H]2C[C@@H]3C[C@]21C#N.CO. The zero-order chi connectivity index (χ0) is 21.9. The van der Waals surface area contributed by atoms with Crippen molar-refractivity contribution >= 4 is 11.8 Å². The lowest BCUT2D eigenvalue weighted by atomic mass is 9.40. The van der Waals surface area contributed by atoms with Gasteiger partial charge in [0.2, 0.25) is 0 Å². The topological polar surface area (TPSA) is 87.4 Å². The van der Waals surface area contributed by atoms with Crippen molar-refractivity contribution in [2.75, 3.05) is 7.11 Å². The van der Waals surface area contributed by atoms with Crippen LogP contribution >= 0.6 is 0 Å². The van der Waals surface area contributed by atoms with Gasteiger partial charge in [0.1, 0.15) is 11.9 Å². The van der Waals surface area contributed by atoms with Crippen LogP contribution in [-0.4, -0.2) is 30.1 Å². The minimum atomic E-state index is -0.422. The smallest absolute Gasteiger partial charge is 0.305 e. The summed E-state index contributed by atoms with van der Waals surface area (Å²) in [5.41, 5.74) is -0.387. The number of ether oxygens (including phenoxy) is 1. The summed E-state index contributed by atoms with van der Waals surface area (Å²) in [7, 11) is 1.00. The van der Waals surface area contributed by atoms with Gasteiger partial charge in [0, 0.05) is 31.3 Å². The fourth-order valence-corrected chi connectivity index (χ4v) is 9.00. The Morgan fingerprint density at radius 1 is 1.20 bits per heavy atom. The van der Waals surface area contributed by atoms with Crippen molar-refractivity contribution in [1.82, 2.24) is 0 Å². The Morgan fingerprint density at radius 3 is 2.60 bits per heavy atom.